The van der Waals surface area contributed by atoms with E-state index in [0.717, 1.165) is 25.1 Å². The number of fused-ring (bicyclic) bond motifs is 1. The maximum atomic E-state index is 13.2. The van der Waals surface area contributed by atoms with Crippen LogP contribution in [0, 0.1) is 17.1 Å². The molecule has 1 aliphatic rings. The van der Waals surface area contributed by atoms with E-state index in [0.29, 0.717) is 6.42 Å². The van der Waals surface area contributed by atoms with Gasteiger partial charge in [-0.3, -0.25) is 0 Å². The molecular formula is C13H15FN2. The standard InChI is InChI=1S/C13H15FN2/c1-2-12(5-7-15)16-8-6-10-3-4-11(14)9-13(10)16/h3-4,9,12H,2,5-6,8H2,1H3. The van der Waals surface area contributed by atoms with Crippen molar-refractivity contribution in [2.24, 2.45) is 0 Å². The Labute approximate surface area is 95.3 Å². The number of nitrogens with zero attached hydrogens (tertiary/aromatic N) is 2. The number of rotatable bonds is 3. The number of anilines is 1. The normalized spacial score (nSPS) is 15.7. The van der Waals surface area contributed by atoms with Gasteiger partial charge in [0, 0.05) is 18.3 Å². The maximum absolute atomic E-state index is 13.2. The summed E-state index contributed by atoms with van der Waals surface area (Å²) < 4.78 is 13.2. The summed E-state index contributed by atoms with van der Waals surface area (Å²) in [5.41, 5.74) is 2.17. The molecule has 0 saturated heterocycles. The van der Waals surface area contributed by atoms with Crippen LogP contribution >= 0.6 is 0 Å². The summed E-state index contributed by atoms with van der Waals surface area (Å²) in [5.74, 6) is -0.197. The van der Waals surface area contributed by atoms with Crippen LogP contribution in [0.3, 0.4) is 0 Å². The molecule has 1 aromatic carbocycles. The third-order valence-corrected chi connectivity index (χ3v) is 3.22. The zero-order valence-corrected chi connectivity index (χ0v) is 9.41. The molecule has 0 aromatic heterocycles. The lowest BCUT2D eigenvalue weighted by Gasteiger charge is -2.27. The minimum atomic E-state index is -0.197. The highest BCUT2D eigenvalue weighted by Crippen LogP contribution is 2.31. The van der Waals surface area contributed by atoms with Gasteiger partial charge in [-0.15, -0.1) is 0 Å². The van der Waals surface area contributed by atoms with Crippen molar-refractivity contribution in [1.29, 1.82) is 5.26 Å². The molecule has 1 heterocycles. The molecular weight excluding hydrogens is 203 g/mol. The van der Waals surface area contributed by atoms with Gasteiger partial charge in [-0.25, -0.2) is 4.39 Å². The van der Waals surface area contributed by atoms with Crippen LogP contribution in [0.4, 0.5) is 10.1 Å². The Morgan fingerprint density at radius 3 is 3.06 bits per heavy atom. The van der Waals surface area contributed by atoms with Crippen molar-refractivity contribution in [3.8, 4) is 6.07 Å². The number of hydrogen-bond acceptors (Lipinski definition) is 2. The predicted octanol–water partition coefficient (Wildman–Crippen LogP) is 2.88. The highest BCUT2D eigenvalue weighted by atomic mass is 19.1. The van der Waals surface area contributed by atoms with Crippen LogP contribution in [-0.4, -0.2) is 12.6 Å². The minimum Gasteiger partial charge on any atom is -0.367 e. The van der Waals surface area contributed by atoms with Gasteiger partial charge in [0.05, 0.1) is 12.5 Å². The molecule has 1 unspecified atom stereocenters. The van der Waals surface area contributed by atoms with Crippen LogP contribution in [0.5, 0.6) is 0 Å². The van der Waals surface area contributed by atoms with Gasteiger partial charge in [-0.1, -0.05) is 13.0 Å². The highest BCUT2D eigenvalue weighted by Gasteiger charge is 2.25. The molecule has 0 aliphatic carbocycles. The van der Waals surface area contributed by atoms with Crippen LogP contribution < -0.4 is 4.90 Å². The van der Waals surface area contributed by atoms with Crippen LogP contribution in [0.2, 0.25) is 0 Å². The minimum absolute atomic E-state index is 0.197. The number of hydrogen-bond donors (Lipinski definition) is 0. The Morgan fingerprint density at radius 2 is 2.38 bits per heavy atom. The van der Waals surface area contributed by atoms with Crippen LogP contribution in [0.1, 0.15) is 25.3 Å². The molecule has 2 rings (SSSR count). The van der Waals surface area contributed by atoms with E-state index in [1.165, 1.54) is 11.6 Å². The summed E-state index contributed by atoms with van der Waals surface area (Å²) in [6.45, 7) is 2.97. The fourth-order valence-corrected chi connectivity index (χ4v) is 2.34. The molecule has 2 nitrogen and oxygen atoms in total. The summed E-state index contributed by atoms with van der Waals surface area (Å²) >= 11 is 0. The van der Waals surface area contributed by atoms with Gasteiger partial charge < -0.3 is 4.90 Å². The van der Waals surface area contributed by atoms with Gasteiger partial charge in [-0.05, 0) is 30.5 Å². The Hall–Kier alpha value is -1.56. The molecule has 16 heavy (non-hydrogen) atoms. The molecule has 84 valence electrons. The summed E-state index contributed by atoms with van der Waals surface area (Å²) in [4.78, 5) is 2.17. The lowest BCUT2D eigenvalue weighted by atomic mass is 10.1. The van der Waals surface area contributed by atoms with E-state index < -0.39 is 0 Å². The topological polar surface area (TPSA) is 27.0 Å². The Morgan fingerprint density at radius 1 is 1.56 bits per heavy atom. The molecule has 1 atom stereocenters. The summed E-state index contributed by atoms with van der Waals surface area (Å²) in [7, 11) is 0. The van der Waals surface area contributed by atoms with E-state index in [1.807, 2.05) is 6.07 Å². The van der Waals surface area contributed by atoms with Crippen molar-refractivity contribution in [2.45, 2.75) is 32.2 Å². The SMILES string of the molecule is CCC(CC#N)N1CCc2ccc(F)cc21. The van der Waals surface area contributed by atoms with Crippen molar-refractivity contribution < 1.29 is 4.39 Å². The Kier molecular flexibility index (Phi) is 3.09. The fourth-order valence-electron chi connectivity index (χ4n) is 2.34. The molecule has 0 N–H and O–H groups in total. The van der Waals surface area contributed by atoms with Crippen LogP contribution in [0.15, 0.2) is 18.2 Å². The smallest absolute Gasteiger partial charge is 0.125 e. The second kappa shape index (κ2) is 4.52. The molecule has 0 spiro atoms. The van der Waals surface area contributed by atoms with Gasteiger partial charge in [0.1, 0.15) is 5.82 Å². The third kappa shape index (κ3) is 1.88. The van der Waals surface area contributed by atoms with Crippen molar-refractivity contribution in [3.63, 3.8) is 0 Å². The van der Waals surface area contributed by atoms with Crippen molar-refractivity contribution in [3.05, 3.63) is 29.6 Å². The van der Waals surface area contributed by atoms with Gasteiger partial charge in [0.25, 0.3) is 0 Å². The first-order valence-electron chi connectivity index (χ1n) is 5.68. The fraction of sp³-hybridized carbons (Fsp3) is 0.462. The molecule has 1 aromatic rings. The second-order valence-corrected chi connectivity index (χ2v) is 4.14. The van der Waals surface area contributed by atoms with Crippen LogP contribution in [0.25, 0.3) is 0 Å². The third-order valence-electron chi connectivity index (χ3n) is 3.22. The first kappa shape index (κ1) is 10.9. The highest BCUT2D eigenvalue weighted by molar-refractivity contribution is 5.59. The zero-order valence-electron chi connectivity index (χ0n) is 9.41. The lowest BCUT2D eigenvalue weighted by molar-refractivity contribution is 0.594. The van der Waals surface area contributed by atoms with E-state index >= 15 is 0 Å². The van der Waals surface area contributed by atoms with Crippen molar-refractivity contribution in [2.75, 3.05) is 11.4 Å². The average molecular weight is 218 g/mol. The first-order chi connectivity index (χ1) is 7.76. The Bertz CT molecular complexity index is 422. The maximum Gasteiger partial charge on any atom is 0.125 e. The van der Waals surface area contributed by atoms with E-state index in [9.17, 15) is 4.39 Å². The van der Waals surface area contributed by atoms with Crippen LogP contribution in [-0.2, 0) is 6.42 Å². The van der Waals surface area contributed by atoms with Crippen molar-refractivity contribution >= 4 is 5.69 Å². The molecule has 0 fully saturated rings. The number of benzene rings is 1. The molecule has 3 heteroatoms. The quantitative estimate of drug-likeness (QED) is 0.780. The number of nitriles is 1. The van der Waals surface area contributed by atoms with Crippen molar-refractivity contribution in [1.82, 2.24) is 0 Å². The molecule has 0 bridgehead atoms. The zero-order chi connectivity index (χ0) is 11.5. The van der Waals surface area contributed by atoms with E-state index in [1.54, 1.807) is 6.07 Å². The van der Waals surface area contributed by atoms with Gasteiger partial charge >= 0.3 is 0 Å². The Balaban J connectivity index is 2.28. The lowest BCUT2D eigenvalue weighted by Crippen LogP contribution is -2.33. The summed E-state index contributed by atoms with van der Waals surface area (Å²) in [5, 5.41) is 8.78. The molecule has 1 aliphatic heterocycles. The van der Waals surface area contributed by atoms with E-state index in [2.05, 4.69) is 17.9 Å². The number of halogens is 1. The van der Waals surface area contributed by atoms with E-state index in [4.69, 9.17) is 5.26 Å². The molecule has 0 radical (unpaired) electrons. The summed E-state index contributed by atoms with van der Waals surface area (Å²) in [6, 6.07) is 7.37. The van der Waals surface area contributed by atoms with E-state index in [-0.39, 0.29) is 11.9 Å². The molecule has 0 saturated carbocycles. The molecule has 0 amide bonds. The average Bonchev–Trinajstić information content (AvgIpc) is 2.69. The second-order valence-electron chi connectivity index (χ2n) is 4.14. The van der Waals surface area contributed by atoms with Gasteiger partial charge in [-0.2, -0.15) is 5.26 Å². The monoisotopic (exact) mass is 218 g/mol. The predicted molar refractivity (Wildman–Crippen MR) is 61.8 cm³/mol. The van der Waals surface area contributed by atoms with Gasteiger partial charge in [0.2, 0.25) is 0 Å². The van der Waals surface area contributed by atoms with Gasteiger partial charge in [0.15, 0.2) is 0 Å². The largest absolute Gasteiger partial charge is 0.367 e. The first-order valence-corrected chi connectivity index (χ1v) is 5.68. The summed E-state index contributed by atoms with van der Waals surface area (Å²) in [6.07, 6.45) is 2.38.